The molecule has 0 aliphatic carbocycles. The number of hydrogen-bond acceptors (Lipinski definition) is 4. The quantitative estimate of drug-likeness (QED) is 0.882. The van der Waals surface area contributed by atoms with E-state index in [0.717, 1.165) is 9.79 Å². The molecule has 0 amide bonds. The monoisotopic (exact) mass is 307 g/mol. The van der Waals surface area contributed by atoms with E-state index in [4.69, 9.17) is 5.73 Å². The van der Waals surface area contributed by atoms with Crippen LogP contribution in [-0.2, 0) is 9.84 Å². The molecule has 0 saturated carbocycles. The number of aryl methyl sites for hydroxylation is 2. The number of sulfone groups is 1. The fraction of sp³-hybridized carbons (Fsp3) is 0.200. The fourth-order valence-corrected chi connectivity index (χ4v) is 3.35. The predicted molar refractivity (Wildman–Crippen MR) is 84.0 cm³/mol. The lowest BCUT2D eigenvalue weighted by Crippen LogP contribution is -1.99. The Labute approximate surface area is 124 Å². The Morgan fingerprint density at radius 3 is 2.25 bits per heavy atom. The van der Waals surface area contributed by atoms with Crippen LogP contribution in [-0.4, -0.2) is 14.7 Å². The van der Waals surface area contributed by atoms with Gasteiger partial charge in [0.25, 0.3) is 0 Å². The van der Waals surface area contributed by atoms with Gasteiger partial charge < -0.3 is 5.73 Å². The van der Waals surface area contributed by atoms with Gasteiger partial charge in [-0.2, -0.15) is 0 Å². The predicted octanol–water partition coefficient (Wildman–Crippen LogP) is 3.44. The lowest BCUT2D eigenvalue weighted by atomic mass is 10.1. The fourth-order valence-electron chi connectivity index (χ4n) is 1.75. The Kier molecular flexibility index (Phi) is 4.11. The van der Waals surface area contributed by atoms with E-state index >= 15 is 0 Å². The zero-order valence-electron chi connectivity index (χ0n) is 11.7. The minimum Gasteiger partial charge on any atom is -0.398 e. The third-order valence-electron chi connectivity index (χ3n) is 3.12. The highest BCUT2D eigenvalue weighted by Crippen LogP contribution is 2.34. The molecule has 0 aliphatic heterocycles. The highest BCUT2D eigenvalue weighted by Gasteiger charge is 2.10. The van der Waals surface area contributed by atoms with Crippen molar-refractivity contribution < 1.29 is 8.42 Å². The van der Waals surface area contributed by atoms with Gasteiger partial charge in [0.2, 0.25) is 0 Å². The largest absolute Gasteiger partial charge is 0.398 e. The van der Waals surface area contributed by atoms with E-state index in [1.807, 2.05) is 6.07 Å². The third kappa shape index (κ3) is 3.35. The van der Waals surface area contributed by atoms with Gasteiger partial charge in [0.1, 0.15) is 0 Å². The zero-order valence-corrected chi connectivity index (χ0v) is 13.3. The summed E-state index contributed by atoms with van der Waals surface area (Å²) in [6.45, 7) is 4.13. The van der Waals surface area contributed by atoms with Gasteiger partial charge in [0, 0.05) is 21.7 Å². The molecular formula is C15H17NO2S2. The number of rotatable bonds is 3. The van der Waals surface area contributed by atoms with Crippen molar-refractivity contribution in [3.8, 4) is 0 Å². The molecule has 0 unspecified atom stereocenters. The van der Waals surface area contributed by atoms with E-state index in [1.165, 1.54) is 35.2 Å². The second kappa shape index (κ2) is 5.50. The average molecular weight is 307 g/mol. The normalized spacial score (nSPS) is 11.6. The lowest BCUT2D eigenvalue weighted by Gasteiger charge is -2.09. The van der Waals surface area contributed by atoms with E-state index in [9.17, 15) is 8.42 Å². The van der Waals surface area contributed by atoms with Crippen LogP contribution in [0.3, 0.4) is 0 Å². The van der Waals surface area contributed by atoms with Gasteiger partial charge in [0.15, 0.2) is 9.84 Å². The molecule has 3 nitrogen and oxygen atoms in total. The first kappa shape index (κ1) is 14.9. The van der Waals surface area contributed by atoms with Crippen molar-refractivity contribution in [2.24, 2.45) is 0 Å². The minimum absolute atomic E-state index is 0.249. The van der Waals surface area contributed by atoms with E-state index < -0.39 is 9.84 Å². The lowest BCUT2D eigenvalue weighted by molar-refractivity contribution is 0.602. The van der Waals surface area contributed by atoms with E-state index in [2.05, 4.69) is 26.0 Å². The Morgan fingerprint density at radius 1 is 1.00 bits per heavy atom. The van der Waals surface area contributed by atoms with Crippen LogP contribution in [0.2, 0.25) is 0 Å². The summed E-state index contributed by atoms with van der Waals surface area (Å²) in [6.07, 6.45) is 1.18. The molecule has 0 heterocycles. The van der Waals surface area contributed by atoms with Gasteiger partial charge in [-0.25, -0.2) is 8.42 Å². The number of nitrogen functional groups attached to an aromatic ring is 1. The van der Waals surface area contributed by atoms with Crippen molar-refractivity contribution in [1.29, 1.82) is 0 Å². The van der Waals surface area contributed by atoms with Crippen LogP contribution in [0.25, 0.3) is 0 Å². The standard InChI is InChI=1S/C15H17NO2S2/c1-10-4-5-12(8-11(10)2)19-15-7-6-13(9-14(15)16)20(3,17)18/h4-9H,16H2,1-3H3. The summed E-state index contributed by atoms with van der Waals surface area (Å²) in [7, 11) is -3.22. The summed E-state index contributed by atoms with van der Waals surface area (Å²) in [5.41, 5.74) is 8.90. The highest BCUT2D eigenvalue weighted by molar-refractivity contribution is 7.99. The maximum atomic E-state index is 11.5. The van der Waals surface area contributed by atoms with Gasteiger partial charge in [-0.15, -0.1) is 0 Å². The average Bonchev–Trinajstić information content (AvgIpc) is 2.35. The summed E-state index contributed by atoms with van der Waals surface area (Å²) < 4.78 is 22.9. The van der Waals surface area contributed by atoms with Crippen LogP contribution in [0, 0.1) is 13.8 Å². The van der Waals surface area contributed by atoms with Gasteiger partial charge in [-0.1, -0.05) is 17.8 Å². The molecule has 0 spiro atoms. The first-order valence-electron chi connectivity index (χ1n) is 6.12. The van der Waals surface area contributed by atoms with Crippen LogP contribution in [0.4, 0.5) is 5.69 Å². The van der Waals surface area contributed by atoms with Crippen molar-refractivity contribution in [3.63, 3.8) is 0 Å². The van der Waals surface area contributed by atoms with Crippen molar-refractivity contribution in [1.82, 2.24) is 0 Å². The minimum atomic E-state index is -3.22. The summed E-state index contributed by atoms with van der Waals surface area (Å²) in [5, 5.41) is 0. The molecule has 2 rings (SSSR count). The summed E-state index contributed by atoms with van der Waals surface area (Å²) in [6, 6.07) is 11.1. The van der Waals surface area contributed by atoms with Gasteiger partial charge in [-0.3, -0.25) is 0 Å². The summed E-state index contributed by atoms with van der Waals surface area (Å²) in [5.74, 6) is 0. The molecule has 0 bridgehead atoms. The van der Waals surface area contributed by atoms with Crippen LogP contribution >= 0.6 is 11.8 Å². The molecule has 2 N–H and O–H groups in total. The van der Waals surface area contributed by atoms with Crippen molar-refractivity contribution in [2.75, 3.05) is 12.0 Å². The Balaban J connectivity index is 2.32. The number of hydrogen-bond donors (Lipinski definition) is 1. The van der Waals surface area contributed by atoms with Gasteiger partial charge in [-0.05, 0) is 55.3 Å². The smallest absolute Gasteiger partial charge is 0.175 e. The van der Waals surface area contributed by atoms with Crippen LogP contribution in [0.5, 0.6) is 0 Å². The van der Waals surface area contributed by atoms with Gasteiger partial charge >= 0.3 is 0 Å². The number of nitrogens with two attached hydrogens (primary N) is 1. The third-order valence-corrected chi connectivity index (χ3v) is 5.31. The number of benzene rings is 2. The van der Waals surface area contributed by atoms with Crippen molar-refractivity contribution in [2.45, 2.75) is 28.5 Å². The molecule has 0 saturated heterocycles. The van der Waals surface area contributed by atoms with Crippen molar-refractivity contribution >= 4 is 27.3 Å². The molecule has 0 atom stereocenters. The SMILES string of the molecule is Cc1ccc(Sc2ccc(S(C)(=O)=O)cc2N)cc1C. The molecule has 5 heteroatoms. The van der Waals surface area contributed by atoms with E-state index in [-0.39, 0.29) is 4.90 Å². The summed E-state index contributed by atoms with van der Waals surface area (Å²) in [4.78, 5) is 2.20. The Morgan fingerprint density at radius 2 is 1.70 bits per heavy atom. The maximum absolute atomic E-state index is 11.5. The molecule has 20 heavy (non-hydrogen) atoms. The number of anilines is 1. The Bertz CT molecular complexity index is 752. The molecule has 0 radical (unpaired) electrons. The maximum Gasteiger partial charge on any atom is 0.175 e. The molecular weight excluding hydrogens is 290 g/mol. The van der Waals surface area contributed by atoms with E-state index in [0.29, 0.717) is 5.69 Å². The molecule has 0 fully saturated rings. The van der Waals surface area contributed by atoms with Crippen LogP contribution < -0.4 is 5.73 Å². The molecule has 2 aromatic rings. The van der Waals surface area contributed by atoms with E-state index in [1.54, 1.807) is 12.1 Å². The highest BCUT2D eigenvalue weighted by atomic mass is 32.2. The first-order valence-corrected chi connectivity index (χ1v) is 8.83. The van der Waals surface area contributed by atoms with Crippen LogP contribution in [0.15, 0.2) is 51.1 Å². The second-order valence-corrected chi connectivity index (χ2v) is 7.95. The molecule has 0 aliphatic rings. The zero-order chi connectivity index (χ0) is 14.9. The van der Waals surface area contributed by atoms with Crippen molar-refractivity contribution in [3.05, 3.63) is 47.5 Å². The topological polar surface area (TPSA) is 60.2 Å². The van der Waals surface area contributed by atoms with Gasteiger partial charge in [0.05, 0.1) is 4.90 Å². The molecule has 2 aromatic carbocycles. The Hall–Kier alpha value is -1.46. The first-order chi connectivity index (χ1) is 9.27. The molecule has 0 aromatic heterocycles. The molecule has 106 valence electrons. The van der Waals surface area contributed by atoms with Crippen LogP contribution in [0.1, 0.15) is 11.1 Å². The second-order valence-electron chi connectivity index (χ2n) is 4.82. The summed E-state index contributed by atoms with van der Waals surface area (Å²) >= 11 is 1.54.